The summed E-state index contributed by atoms with van der Waals surface area (Å²) in [4.78, 5) is 209. The van der Waals surface area contributed by atoms with Crippen molar-refractivity contribution in [1.29, 1.82) is 0 Å². The number of carboxylic acids is 2. The van der Waals surface area contributed by atoms with Crippen molar-refractivity contribution in [1.82, 2.24) is 68.3 Å². The summed E-state index contributed by atoms with van der Waals surface area (Å²) >= 11 is 0. The molecule has 586 valence electrons. The van der Waals surface area contributed by atoms with Gasteiger partial charge in [-0.15, -0.1) is 0 Å². The Morgan fingerprint density at radius 3 is 1.52 bits per heavy atom. The average molecular weight is 1490 g/mol. The normalized spacial score (nSPS) is 17.6. The smallest absolute Gasteiger partial charge is 0.326 e. The second kappa shape index (κ2) is 42.9. The van der Waals surface area contributed by atoms with Crippen LogP contribution in [-0.2, 0) is 84.8 Å². The largest absolute Gasteiger partial charge is 0.508 e. The molecule has 2 aliphatic heterocycles. The zero-order chi connectivity index (χ0) is 79.2. The number of nitrogens with two attached hydrogens (primary N) is 3. The average Bonchev–Trinajstić information content (AvgIpc) is 1.62. The molecule has 2 aromatic rings. The van der Waals surface area contributed by atoms with Gasteiger partial charge in [-0.2, -0.15) is 0 Å². The molecular formula is C68H103N17O21. The Kier molecular flexibility index (Phi) is 35.4. The first kappa shape index (κ1) is 87.6. The van der Waals surface area contributed by atoms with E-state index in [0.29, 0.717) is 30.4 Å². The van der Waals surface area contributed by atoms with Gasteiger partial charge in [-0.25, -0.2) is 4.79 Å². The lowest BCUT2D eigenvalue weighted by Crippen LogP contribution is -2.61. The molecule has 13 amide bonds. The third-order valence-electron chi connectivity index (χ3n) is 18.0. The minimum Gasteiger partial charge on any atom is -0.508 e. The molecule has 0 aromatic heterocycles. The van der Waals surface area contributed by atoms with E-state index >= 15 is 0 Å². The Bertz CT molecular complexity index is 3450. The van der Waals surface area contributed by atoms with Crippen LogP contribution in [0.3, 0.4) is 0 Å². The van der Waals surface area contributed by atoms with Gasteiger partial charge in [0.2, 0.25) is 76.8 Å². The van der Waals surface area contributed by atoms with E-state index in [1.165, 1.54) is 79.1 Å². The highest BCUT2D eigenvalue weighted by atomic mass is 16.4. The fraction of sp³-hybridized carbons (Fsp3) is 0.588. The van der Waals surface area contributed by atoms with E-state index in [9.17, 15) is 103 Å². The van der Waals surface area contributed by atoms with Crippen LogP contribution in [0.2, 0.25) is 0 Å². The molecule has 0 bridgehead atoms. The van der Waals surface area contributed by atoms with Crippen LogP contribution in [0, 0.1) is 11.8 Å². The number of guanidine groups is 1. The number of phenolic OH excluding ortho intramolecular Hbond substituents is 2. The molecule has 0 spiro atoms. The Balaban J connectivity index is 1.44. The van der Waals surface area contributed by atoms with Gasteiger partial charge in [0.1, 0.15) is 78.0 Å². The number of amides is 13. The van der Waals surface area contributed by atoms with E-state index in [1.54, 1.807) is 27.7 Å². The second-order valence-corrected chi connectivity index (χ2v) is 26.4. The van der Waals surface area contributed by atoms with Gasteiger partial charge in [0, 0.05) is 38.9 Å². The van der Waals surface area contributed by atoms with Crippen molar-refractivity contribution in [2.45, 2.75) is 204 Å². The number of nitrogens with one attached hydrogen (secondary N) is 11. The van der Waals surface area contributed by atoms with Gasteiger partial charge in [-0.05, 0) is 113 Å². The summed E-state index contributed by atoms with van der Waals surface area (Å²) in [6.07, 6.45) is -1.72. The van der Waals surface area contributed by atoms with Gasteiger partial charge < -0.3 is 116 Å². The lowest BCUT2D eigenvalue weighted by Gasteiger charge is -2.30. The fourth-order valence-corrected chi connectivity index (χ4v) is 11.4. The maximum Gasteiger partial charge on any atom is 0.326 e. The predicted octanol–water partition coefficient (Wildman–Crippen LogP) is -5.70. The van der Waals surface area contributed by atoms with Crippen molar-refractivity contribution >= 4 is 94.7 Å². The van der Waals surface area contributed by atoms with Crippen molar-refractivity contribution in [2.75, 3.05) is 39.3 Å². The summed E-state index contributed by atoms with van der Waals surface area (Å²) in [5, 5.41) is 87.1. The third-order valence-corrected chi connectivity index (χ3v) is 18.0. The van der Waals surface area contributed by atoms with Crippen molar-refractivity contribution in [3.8, 4) is 11.5 Å². The van der Waals surface area contributed by atoms with Gasteiger partial charge in [0.05, 0.1) is 31.8 Å². The number of carbonyl (C=O) groups excluding carboxylic acids is 13. The monoisotopic (exact) mass is 1490 g/mol. The number of aromatic hydroxyl groups is 2. The number of aliphatic carboxylic acids is 2. The minimum atomic E-state index is -1.83. The van der Waals surface area contributed by atoms with Crippen molar-refractivity contribution < 1.29 is 103 Å². The molecule has 38 heteroatoms. The number of aliphatic imine (C=N–C) groups is 1. The molecule has 2 heterocycles. The van der Waals surface area contributed by atoms with Crippen molar-refractivity contribution in [3.63, 3.8) is 0 Å². The number of hydrogen-bond acceptors (Lipinski definition) is 21. The Labute approximate surface area is 612 Å². The van der Waals surface area contributed by atoms with Gasteiger partial charge in [-0.1, -0.05) is 64.8 Å². The molecule has 0 aliphatic carbocycles. The van der Waals surface area contributed by atoms with E-state index < -0.39 is 212 Å². The highest BCUT2D eigenvalue weighted by molar-refractivity contribution is 6.00. The molecule has 0 unspecified atom stereocenters. The third kappa shape index (κ3) is 27.7. The van der Waals surface area contributed by atoms with Crippen LogP contribution in [-0.4, -0.2) is 253 Å². The molecule has 2 saturated heterocycles. The zero-order valence-corrected chi connectivity index (χ0v) is 60.4. The molecule has 38 nitrogen and oxygen atoms in total. The summed E-state index contributed by atoms with van der Waals surface area (Å²) < 4.78 is 0. The van der Waals surface area contributed by atoms with Gasteiger partial charge in [0.15, 0.2) is 5.96 Å². The van der Waals surface area contributed by atoms with Crippen LogP contribution < -0.4 is 75.7 Å². The SMILES string of the molecule is CC[C@H](C)[C@H](NC(=O)[C@H](CCC(=O)O)NC(=O)[C@H](CCCN=C(N)N)NC(=O)CNC(=O)[C@H](CO)NC(=O)[C@H](Cc1ccc(O)cc1)NC(=O)[C@H](C)NC(=O)[C@@H]1CCCN1C(=O)CNC(=O)[C@@H]1CCCN1C(=O)[C@@H](NC(=O)[C@H](C)N)[C@@H](C)O)C(=O)N[C@H](C(=O)N[C@@H](Cc1ccc(O)cc1)C(=O)O)[C@@H](C)CC. The topological polar surface area (TPSA) is 607 Å². The number of aliphatic hydroxyl groups excluding tert-OH is 2. The Morgan fingerprint density at radius 1 is 0.528 bits per heavy atom. The molecule has 2 fully saturated rings. The van der Waals surface area contributed by atoms with Crippen molar-refractivity contribution in [3.05, 3.63) is 59.7 Å². The number of carboxylic acid groups (broad SMARTS) is 2. The first-order valence-electron chi connectivity index (χ1n) is 35.0. The highest BCUT2D eigenvalue weighted by Gasteiger charge is 2.42. The number of likely N-dealkylation sites (tertiary alicyclic amines) is 2. The standard InChI is InChI=1S/C68H103N17O21/c1-8-34(3)53(64(102)79-46(67(105)106)30-40-18-22-42(89)23-19-40)82-65(103)54(35(4)9-2)81-60(98)44(24-25-52(92)93)77-59(97)43(13-10-26-72-68(70)71)76-50(90)31-73-58(96)47(33-86)80-61(99)45(29-39-16-20-41(88)21-17-39)78-57(95)37(6)75-63(101)49-15-11-27-84(49)51(91)32-74-62(100)48-14-12-28-85(48)66(104)55(38(7)87)83-56(94)36(5)69/h16-23,34-38,43-49,53-55,86-89H,8-15,24-33,69H2,1-7H3,(H,73,96)(H,74,100)(H,75,101)(H,76,90)(H,77,97)(H,78,95)(H,79,102)(H,80,99)(H,81,98)(H,82,103)(H,83,94)(H,92,93)(H,105,106)(H4,70,71,72)/t34-,35-,36-,37-,38+,43-,44-,45-,46-,47-,48-,49-,53-,54-,55-/m0/s1. The highest BCUT2D eigenvalue weighted by Crippen LogP contribution is 2.22. The Hall–Kier alpha value is -10.8. The maximum absolute atomic E-state index is 14.3. The van der Waals surface area contributed by atoms with Crippen LogP contribution >= 0.6 is 0 Å². The first-order valence-corrected chi connectivity index (χ1v) is 35.0. The number of carbonyl (C=O) groups is 15. The number of benzene rings is 2. The molecule has 0 saturated carbocycles. The second-order valence-electron chi connectivity index (χ2n) is 26.4. The molecule has 2 aromatic carbocycles. The summed E-state index contributed by atoms with van der Waals surface area (Å²) in [7, 11) is 0. The molecular weight excluding hydrogens is 1390 g/mol. The van der Waals surface area contributed by atoms with E-state index in [2.05, 4.69) is 63.5 Å². The molecule has 2 aliphatic rings. The number of aliphatic hydroxyl groups is 2. The molecule has 15 atom stereocenters. The minimum absolute atomic E-state index is 0.00295. The fourth-order valence-electron chi connectivity index (χ4n) is 11.4. The van der Waals surface area contributed by atoms with E-state index in [-0.39, 0.29) is 82.0 Å². The molecule has 106 heavy (non-hydrogen) atoms. The Morgan fingerprint density at radius 2 is 1.00 bits per heavy atom. The maximum atomic E-state index is 14.3. The molecule has 0 radical (unpaired) electrons. The van der Waals surface area contributed by atoms with E-state index in [4.69, 9.17) is 17.2 Å². The number of rotatable bonds is 42. The lowest BCUT2D eigenvalue weighted by molar-refractivity contribution is -0.144. The number of hydrogen-bond donors (Lipinski definition) is 20. The summed E-state index contributed by atoms with van der Waals surface area (Å²) in [5.41, 5.74) is 17.4. The quantitative estimate of drug-likeness (QED) is 0.0167. The van der Waals surface area contributed by atoms with Crippen LogP contribution in [0.5, 0.6) is 11.5 Å². The zero-order valence-electron chi connectivity index (χ0n) is 60.4. The van der Waals surface area contributed by atoms with Crippen LogP contribution in [0.25, 0.3) is 0 Å². The number of nitrogens with zero attached hydrogens (tertiary/aromatic N) is 3. The summed E-state index contributed by atoms with van der Waals surface area (Å²) in [6, 6.07) is -5.90. The van der Waals surface area contributed by atoms with Crippen LogP contribution in [0.1, 0.15) is 124 Å². The summed E-state index contributed by atoms with van der Waals surface area (Å²) in [6.45, 7) is 8.07. The van der Waals surface area contributed by atoms with Gasteiger partial charge >= 0.3 is 11.9 Å². The van der Waals surface area contributed by atoms with E-state index in [1.807, 2.05) is 0 Å². The summed E-state index contributed by atoms with van der Waals surface area (Å²) in [5.74, 6) is -16.3. The number of phenols is 2. The predicted molar refractivity (Wildman–Crippen MR) is 378 cm³/mol. The van der Waals surface area contributed by atoms with Gasteiger partial charge in [0.25, 0.3) is 0 Å². The van der Waals surface area contributed by atoms with Crippen LogP contribution in [0.4, 0.5) is 0 Å². The molecule has 23 N–H and O–H groups in total. The van der Waals surface area contributed by atoms with Crippen LogP contribution in [0.15, 0.2) is 53.5 Å². The lowest BCUT2D eigenvalue weighted by atomic mass is 9.94. The van der Waals surface area contributed by atoms with Crippen molar-refractivity contribution in [2.24, 2.45) is 34.0 Å². The van der Waals surface area contributed by atoms with E-state index in [0.717, 1.165) is 0 Å². The first-order chi connectivity index (χ1) is 50.0. The van der Waals surface area contributed by atoms with Gasteiger partial charge in [-0.3, -0.25) is 72.1 Å². The molecule has 4 rings (SSSR count).